The number of thiol groups is 1. The lowest BCUT2D eigenvalue weighted by Crippen LogP contribution is -2.34. The number of carbonyl (C=O) groups excluding carboxylic acids is 1. The van der Waals surface area contributed by atoms with Crippen LogP contribution in [0.4, 0.5) is 0 Å². The summed E-state index contributed by atoms with van der Waals surface area (Å²) in [5, 5.41) is 0. The van der Waals surface area contributed by atoms with Crippen molar-refractivity contribution in [1.29, 1.82) is 0 Å². The van der Waals surface area contributed by atoms with Gasteiger partial charge in [-0.1, -0.05) is 0 Å². The Morgan fingerprint density at radius 3 is 2.03 bits per heavy atom. The van der Waals surface area contributed by atoms with Crippen LogP contribution in [0.2, 0.25) is 0 Å². The third-order valence-corrected chi connectivity index (χ3v) is 5.06. The number of nitrogens with one attached hydrogen (secondary N) is 1. The van der Waals surface area contributed by atoms with Gasteiger partial charge < -0.3 is 19.2 Å². The topological polar surface area (TPSA) is 73.4 Å². The molecule has 6 nitrogen and oxygen atoms in total. The van der Waals surface area contributed by atoms with E-state index in [-0.39, 0.29) is 5.97 Å². The number of imidazole rings is 1. The minimum Gasteiger partial charge on any atom is -0.497 e. The van der Waals surface area contributed by atoms with Crippen LogP contribution in [-0.2, 0) is 16.0 Å². The second-order valence-corrected chi connectivity index (χ2v) is 8.02. The summed E-state index contributed by atoms with van der Waals surface area (Å²) >= 11 is 4.53. The Labute approximate surface area is 182 Å². The molecule has 7 heteroatoms. The first-order chi connectivity index (χ1) is 14.4. The van der Waals surface area contributed by atoms with E-state index in [9.17, 15) is 4.79 Å². The molecular weight excluding hydrogens is 400 g/mol. The number of hydrogen-bond donors (Lipinski definition) is 2. The van der Waals surface area contributed by atoms with Crippen LogP contribution in [0, 0.1) is 0 Å². The van der Waals surface area contributed by atoms with Gasteiger partial charge in [-0.3, -0.25) is 4.79 Å². The maximum Gasteiger partial charge on any atom is 0.322 e. The molecule has 0 saturated carbocycles. The number of aromatic amines is 1. The molecule has 30 heavy (non-hydrogen) atoms. The lowest BCUT2D eigenvalue weighted by atomic mass is 10.0. The second-order valence-electron chi connectivity index (χ2n) is 7.04. The van der Waals surface area contributed by atoms with E-state index in [1.807, 2.05) is 48.5 Å². The van der Waals surface area contributed by atoms with Crippen LogP contribution in [-0.4, -0.2) is 41.5 Å². The molecule has 0 fully saturated rings. The zero-order valence-electron chi connectivity index (χ0n) is 17.6. The number of methoxy groups -OCH3 is 2. The number of carbonyl (C=O) groups is 1. The third-order valence-electron chi connectivity index (χ3n) is 4.72. The fourth-order valence-corrected chi connectivity index (χ4v) is 3.33. The van der Waals surface area contributed by atoms with Crippen LogP contribution >= 0.6 is 12.6 Å². The highest BCUT2D eigenvalue weighted by Gasteiger charge is 2.32. The fourth-order valence-electron chi connectivity index (χ4n) is 3.12. The maximum atomic E-state index is 12.3. The maximum absolute atomic E-state index is 12.3. The lowest BCUT2D eigenvalue weighted by Gasteiger charge is -2.19. The number of esters is 1. The van der Waals surface area contributed by atoms with E-state index in [0.29, 0.717) is 18.9 Å². The molecule has 2 aromatic carbocycles. The largest absolute Gasteiger partial charge is 0.497 e. The zero-order chi connectivity index (χ0) is 21.7. The van der Waals surface area contributed by atoms with Gasteiger partial charge in [0.25, 0.3) is 0 Å². The standard InChI is InChI=1S/C23H26N2O4S/c1-5-29-22(26)23(2,30)14-19-24-20(15-6-10-17(27-3)11-7-15)21(25-19)16-8-12-18(28-4)13-9-16/h6-13,30H,5,14H2,1-4H3,(H,24,25). The summed E-state index contributed by atoms with van der Waals surface area (Å²) in [5.74, 6) is 1.82. The first kappa shape index (κ1) is 21.8. The molecule has 0 aliphatic rings. The number of aromatic nitrogens is 2. The van der Waals surface area contributed by atoms with Crippen molar-refractivity contribution in [1.82, 2.24) is 9.97 Å². The van der Waals surface area contributed by atoms with E-state index in [1.54, 1.807) is 28.1 Å². The molecule has 0 spiro atoms. The van der Waals surface area contributed by atoms with Gasteiger partial charge in [0.05, 0.1) is 32.2 Å². The first-order valence-electron chi connectivity index (χ1n) is 9.65. The van der Waals surface area contributed by atoms with Crippen LogP contribution in [0.25, 0.3) is 22.5 Å². The van der Waals surface area contributed by atoms with E-state index in [1.165, 1.54) is 0 Å². The number of ether oxygens (including phenoxy) is 3. The van der Waals surface area contributed by atoms with Crippen molar-refractivity contribution in [3.8, 4) is 34.0 Å². The highest BCUT2D eigenvalue weighted by molar-refractivity contribution is 7.82. The number of nitrogens with zero attached hydrogens (tertiary/aromatic N) is 1. The Morgan fingerprint density at radius 1 is 1.00 bits per heavy atom. The van der Waals surface area contributed by atoms with Crippen molar-refractivity contribution in [3.05, 3.63) is 54.4 Å². The van der Waals surface area contributed by atoms with Crippen LogP contribution < -0.4 is 9.47 Å². The fraction of sp³-hybridized carbons (Fsp3) is 0.304. The monoisotopic (exact) mass is 426 g/mol. The molecule has 0 radical (unpaired) electrons. The summed E-state index contributed by atoms with van der Waals surface area (Å²) < 4.78 is 14.7. The summed E-state index contributed by atoms with van der Waals surface area (Å²) in [6.45, 7) is 3.82. The van der Waals surface area contributed by atoms with Crippen molar-refractivity contribution < 1.29 is 19.0 Å². The molecular formula is C23H26N2O4S. The van der Waals surface area contributed by atoms with Crippen LogP contribution in [0.15, 0.2) is 48.5 Å². The van der Waals surface area contributed by atoms with Gasteiger partial charge in [0.15, 0.2) is 0 Å². The second kappa shape index (κ2) is 9.26. The summed E-state index contributed by atoms with van der Waals surface area (Å²) in [5.41, 5.74) is 3.52. The Hall–Kier alpha value is -2.93. The average molecular weight is 427 g/mol. The smallest absolute Gasteiger partial charge is 0.322 e. The predicted molar refractivity (Wildman–Crippen MR) is 120 cm³/mol. The molecule has 0 aliphatic carbocycles. The molecule has 3 rings (SSSR count). The number of rotatable bonds is 8. The van der Waals surface area contributed by atoms with Crippen molar-refractivity contribution in [2.75, 3.05) is 20.8 Å². The summed E-state index contributed by atoms with van der Waals surface area (Å²) in [6, 6.07) is 15.4. The Balaban J connectivity index is 2.03. The molecule has 1 aromatic heterocycles. The van der Waals surface area contributed by atoms with Gasteiger partial charge >= 0.3 is 5.97 Å². The molecule has 3 aromatic rings. The van der Waals surface area contributed by atoms with Gasteiger partial charge in [-0.2, -0.15) is 12.6 Å². The van der Waals surface area contributed by atoms with E-state index >= 15 is 0 Å². The van der Waals surface area contributed by atoms with E-state index in [2.05, 4.69) is 17.6 Å². The van der Waals surface area contributed by atoms with Gasteiger partial charge in [0, 0.05) is 17.5 Å². The molecule has 1 unspecified atom stereocenters. The molecule has 158 valence electrons. The molecule has 0 amide bonds. The Morgan fingerprint density at radius 2 is 1.53 bits per heavy atom. The number of hydrogen-bond acceptors (Lipinski definition) is 6. The highest BCUT2D eigenvalue weighted by Crippen LogP contribution is 2.33. The minimum atomic E-state index is -0.998. The molecule has 0 saturated heterocycles. The van der Waals surface area contributed by atoms with Crippen molar-refractivity contribution >= 4 is 18.6 Å². The molecule has 0 aliphatic heterocycles. The number of H-pyrrole nitrogens is 1. The quantitative estimate of drug-likeness (QED) is 0.408. The molecule has 1 N–H and O–H groups in total. The minimum absolute atomic E-state index is 0.300. The van der Waals surface area contributed by atoms with Crippen LogP contribution in [0.1, 0.15) is 19.7 Å². The zero-order valence-corrected chi connectivity index (χ0v) is 18.5. The first-order valence-corrected chi connectivity index (χ1v) is 10.1. The van der Waals surface area contributed by atoms with Crippen molar-refractivity contribution in [2.45, 2.75) is 25.0 Å². The lowest BCUT2D eigenvalue weighted by molar-refractivity contribution is -0.145. The van der Waals surface area contributed by atoms with Gasteiger partial charge in [-0.25, -0.2) is 4.98 Å². The summed E-state index contributed by atoms with van der Waals surface area (Å²) in [6.07, 6.45) is 0.300. The van der Waals surface area contributed by atoms with E-state index in [0.717, 1.165) is 34.0 Å². The Bertz CT molecular complexity index is 930. The third kappa shape index (κ3) is 4.79. The Kier molecular flexibility index (Phi) is 6.72. The van der Waals surface area contributed by atoms with Crippen LogP contribution in [0.5, 0.6) is 11.5 Å². The van der Waals surface area contributed by atoms with Gasteiger partial charge in [-0.15, -0.1) is 0 Å². The summed E-state index contributed by atoms with van der Waals surface area (Å²) in [7, 11) is 3.27. The molecule has 0 bridgehead atoms. The van der Waals surface area contributed by atoms with E-state index < -0.39 is 4.75 Å². The average Bonchev–Trinajstić information content (AvgIpc) is 3.17. The van der Waals surface area contributed by atoms with Crippen LogP contribution in [0.3, 0.4) is 0 Å². The SMILES string of the molecule is CCOC(=O)C(C)(S)Cc1nc(-c2ccc(OC)cc2)c(-c2ccc(OC)cc2)[nH]1. The molecule has 1 atom stereocenters. The predicted octanol–water partition coefficient (Wildman–Crippen LogP) is 4.56. The van der Waals surface area contributed by atoms with Crippen molar-refractivity contribution in [2.24, 2.45) is 0 Å². The van der Waals surface area contributed by atoms with Gasteiger partial charge in [0.2, 0.25) is 0 Å². The number of benzene rings is 2. The van der Waals surface area contributed by atoms with Crippen molar-refractivity contribution in [3.63, 3.8) is 0 Å². The van der Waals surface area contributed by atoms with E-state index in [4.69, 9.17) is 19.2 Å². The highest BCUT2D eigenvalue weighted by atomic mass is 32.1. The summed E-state index contributed by atoms with van der Waals surface area (Å²) in [4.78, 5) is 20.4. The molecule has 1 heterocycles. The van der Waals surface area contributed by atoms with Gasteiger partial charge in [-0.05, 0) is 62.4 Å². The van der Waals surface area contributed by atoms with Gasteiger partial charge in [0.1, 0.15) is 22.1 Å². The normalized spacial score (nSPS) is 12.8.